The summed E-state index contributed by atoms with van der Waals surface area (Å²) >= 11 is 0.894. The average Bonchev–Trinajstić information content (AvgIpc) is 2.27. The van der Waals surface area contributed by atoms with Crippen molar-refractivity contribution in [3.05, 3.63) is 33.9 Å². The molecule has 1 aromatic rings. The van der Waals surface area contributed by atoms with Crippen molar-refractivity contribution in [2.45, 2.75) is 11.8 Å². The zero-order valence-corrected chi connectivity index (χ0v) is 9.84. The summed E-state index contributed by atoms with van der Waals surface area (Å²) in [6, 6.07) is 1.38. The molecule has 1 atom stereocenters. The molecule has 4 nitrogen and oxygen atoms in total. The summed E-state index contributed by atoms with van der Waals surface area (Å²) in [5, 5.41) is 19.1. The molecule has 0 radical (unpaired) electrons. The van der Waals surface area contributed by atoms with E-state index >= 15 is 0 Å². The van der Waals surface area contributed by atoms with E-state index in [0.717, 1.165) is 11.8 Å². The van der Waals surface area contributed by atoms with E-state index in [1.807, 2.05) is 0 Å². The molecule has 0 saturated carbocycles. The first-order chi connectivity index (χ1) is 7.95. The highest BCUT2D eigenvalue weighted by molar-refractivity contribution is 7.99. The number of nitro groups is 1. The molecule has 1 rings (SSSR count). The first-order valence-electron chi connectivity index (χ1n) is 4.82. The first-order valence-corrected chi connectivity index (χ1v) is 5.81. The van der Waals surface area contributed by atoms with Crippen LogP contribution in [0.5, 0.6) is 0 Å². The third-order valence-corrected chi connectivity index (χ3v) is 3.43. The van der Waals surface area contributed by atoms with Gasteiger partial charge in [-0.25, -0.2) is 8.78 Å². The van der Waals surface area contributed by atoms with Crippen LogP contribution in [0.4, 0.5) is 14.5 Å². The van der Waals surface area contributed by atoms with Gasteiger partial charge in [-0.3, -0.25) is 10.1 Å². The van der Waals surface area contributed by atoms with Crippen LogP contribution in [0.3, 0.4) is 0 Å². The number of benzene rings is 1. The SMILES string of the molecule is CC(CO)CSc1c(F)cc([N+](=O)[O-])cc1F. The lowest BCUT2D eigenvalue weighted by Gasteiger charge is -2.08. The molecule has 0 aliphatic heterocycles. The fourth-order valence-corrected chi connectivity index (χ4v) is 2.02. The lowest BCUT2D eigenvalue weighted by Crippen LogP contribution is -2.04. The third kappa shape index (κ3) is 3.64. The number of thioether (sulfide) groups is 1. The van der Waals surface area contributed by atoms with E-state index in [4.69, 9.17) is 5.11 Å². The van der Waals surface area contributed by atoms with Gasteiger partial charge in [0.25, 0.3) is 5.69 Å². The molecule has 17 heavy (non-hydrogen) atoms. The van der Waals surface area contributed by atoms with Crippen molar-refractivity contribution in [3.63, 3.8) is 0 Å². The maximum Gasteiger partial charge on any atom is 0.275 e. The normalized spacial score (nSPS) is 12.5. The Morgan fingerprint density at radius 1 is 1.47 bits per heavy atom. The van der Waals surface area contributed by atoms with E-state index in [-0.39, 0.29) is 17.4 Å². The maximum absolute atomic E-state index is 13.4. The van der Waals surface area contributed by atoms with Gasteiger partial charge in [0.2, 0.25) is 0 Å². The Bertz CT molecular complexity index is 405. The minimum atomic E-state index is -0.952. The maximum atomic E-state index is 13.4. The van der Waals surface area contributed by atoms with Gasteiger partial charge in [-0.2, -0.15) is 0 Å². The molecule has 0 bridgehead atoms. The van der Waals surface area contributed by atoms with Crippen molar-refractivity contribution >= 4 is 17.4 Å². The van der Waals surface area contributed by atoms with Crippen molar-refractivity contribution in [3.8, 4) is 0 Å². The molecule has 0 aromatic heterocycles. The molecule has 0 saturated heterocycles. The van der Waals surface area contributed by atoms with Crippen LogP contribution in [-0.4, -0.2) is 22.4 Å². The van der Waals surface area contributed by atoms with Crippen molar-refractivity contribution in [1.82, 2.24) is 0 Å². The molecule has 1 N–H and O–H groups in total. The van der Waals surface area contributed by atoms with Gasteiger partial charge < -0.3 is 5.11 Å². The van der Waals surface area contributed by atoms with E-state index in [1.54, 1.807) is 6.92 Å². The zero-order chi connectivity index (χ0) is 13.0. The lowest BCUT2D eigenvalue weighted by molar-refractivity contribution is -0.385. The van der Waals surface area contributed by atoms with Gasteiger partial charge in [-0.05, 0) is 5.92 Å². The Balaban J connectivity index is 2.90. The van der Waals surface area contributed by atoms with Crippen LogP contribution in [0.15, 0.2) is 17.0 Å². The van der Waals surface area contributed by atoms with Crippen molar-refractivity contribution in [1.29, 1.82) is 0 Å². The number of aliphatic hydroxyl groups excluding tert-OH is 1. The summed E-state index contributed by atoms with van der Waals surface area (Å²) in [5.41, 5.74) is -0.612. The number of hydrogen-bond acceptors (Lipinski definition) is 4. The third-order valence-electron chi connectivity index (χ3n) is 2.02. The van der Waals surface area contributed by atoms with Gasteiger partial charge in [0.1, 0.15) is 11.6 Å². The fourth-order valence-electron chi connectivity index (χ4n) is 1.07. The number of rotatable bonds is 5. The quantitative estimate of drug-likeness (QED) is 0.504. The van der Waals surface area contributed by atoms with Crippen LogP contribution < -0.4 is 0 Å². The van der Waals surface area contributed by atoms with Gasteiger partial charge in [-0.15, -0.1) is 11.8 Å². The molecule has 0 heterocycles. The van der Waals surface area contributed by atoms with Crippen molar-refractivity contribution in [2.75, 3.05) is 12.4 Å². The number of hydrogen-bond donors (Lipinski definition) is 1. The molecule has 0 fully saturated rings. The zero-order valence-electron chi connectivity index (χ0n) is 9.02. The second kappa shape index (κ2) is 5.92. The summed E-state index contributed by atoms with van der Waals surface area (Å²) in [5.74, 6) is -1.67. The number of halogens is 2. The first kappa shape index (κ1) is 13.9. The second-order valence-corrected chi connectivity index (χ2v) is 4.62. The second-order valence-electron chi connectivity index (χ2n) is 3.59. The number of nitrogens with zero attached hydrogens (tertiary/aromatic N) is 1. The Kier molecular flexibility index (Phi) is 4.83. The molecule has 0 aliphatic rings. The highest BCUT2D eigenvalue weighted by Crippen LogP contribution is 2.30. The summed E-state index contributed by atoms with van der Waals surface area (Å²) < 4.78 is 26.8. The fraction of sp³-hybridized carbons (Fsp3) is 0.400. The van der Waals surface area contributed by atoms with E-state index in [2.05, 4.69) is 0 Å². The Hall–Kier alpha value is -1.21. The predicted molar refractivity (Wildman–Crippen MR) is 60.0 cm³/mol. The molecule has 1 unspecified atom stereocenters. The summed E-state index contributed by atoms with van der Waals surface area (Å²) in [6.45, 7) is 1.65. The molecule has 0 aliphatic carbocycles. The average molecular weight is 263 g/mol. The number of nitro benzene ring substituents is 1. The Morgan fingerprint density at radius 2 is 2.00 bits per heavy atom. The summed E-state index contributed by atoms with van der Waals surface area (Å²) in [4.78, 5) is 9.26. The van der Waals surface area contributed by atoms with E-state index in [9.17, 15) is 18.9 Å². The highest BCUT2D eigenvalue weighted by atomic mass is 32.2. The summed E-state index contributed by atoms with van der Waals surface area (Å²) in [7, 11) is 0. The van der Waals surface area contributed by atoms with Crippen LogP contribution >= 0.6 is 11.8 Å². The van der Waals surface area contributed by atoms with Crippen molar-refractivity contribution < 1.29 is 18.8 Å². The smallest absolute Gasteiger partial charge is 0.275 e. The summed E-state index contributed by atoms with van der Waals surface area (Å²) in [6.07, 6.45) is 0. The monoisotopic (exact) mass is 263 g/mol. The van der Waals surface area contributed by atoms with Crippen LogP contribution in [0, 0.1) is 27.7 Å². The number of non-ortho nitro benzene ring substituents is 1. The van der Waals surface area contributed by atoms with Gasteiger partial charge >= 0.3 is 0 Å². The van der Waals surface area contributed by atoms with Gasteiger partial charge in [-0.1, -0.05) is 6.92 Å². The molecule has 7 heteroatoms. The van der Waals surface area contributed by atoms with Crippen LogP contribution in [-0.2, 0) is 0 Å². The Labute approximate surface area is 101 Å². The standard InChI is InChI=1S/C10H11F2NO3S/c1-6(4-14)5-17-10-8(11)2-7(13(15)16)3-9(10)12/h2-3,6,14H,4-5H2,1H3. The molecule has 0 spiro atoms. The van der Waals surface area contributed by atoms with E-state index < -0.39 is 22.2 Å². The minimum absolute atomic E-state index is 0.0801. The molecular weight excluding hydrogens is 252 g/mol. The largest absolute Gasteiger partial charge is 0.396 e. The highest BCUT2D eigenvalue weighted by Gasteiger charge is 2.17. The van der Waals surface area contributed by atoms with Gasteiger partial charge in [0.05, 0.1) is 22.0 Å². The molecule has 0 amide bonds. The van der Waals surface area contributed by atoms with Crippen molar-refractivity contribution in [2.24, 2.45) is 5.92 Å². The molecule has 1 aromatic carbocycles. The molecular formula is C10H11F2NO3S. The topological polar surface area (TPSA) is 63.4 Å². The predicted octanol–water partition coefficient (Wildman–Crippen LogP) is 2.59. The molecule has 94 valence electrons. The minimum Gasteiger partial charge on any atom is -0.396 e. The van der Waals surface area contributed by atoms with E-state index in [0.29, 0.717) is 17.9 Å². The van der Waals surface area contributed by atoms with Crippen LogP contribution in [0.1, 0.15) is 6.92 Å². The van der Waals surface area contributed by atoms with Crippen LogP contribution in [0.25, 0.3) is 0 Å². The van der Waals surface area contributed by atoms with E-state index in [1.165, 1.54) is 0 Å². The van der Waals surface area contributed by atoms with Crippen LogP contribution in [0.2, 0.25) is 0 Å². The van der Waals surface area contributed by atoms with Gasteiger partial charge in [0.15, 0.2) is 0 Å². The Morgan fingerprint density at radius 3 is 2.41 bits per heavy atom. The lowest BCUT2D eigenvalue weighted by atomic mass is 10.2. The number of aliphatic hydroxyl groups is 1. The van der Waals surface area contributed by atoms with Gasteiger partial charge in [0, 0.05) is 12.4 Å².